The molecule has 0 atom stereocenters. The van der Waals surface area contributed by atoms with E-state index in [-0.39, 0.29) is 18.0 Å². The molecule has 0 saturated heterocycles. The Morgan fingerprint density at radius 3 is 2.58 bits per heavy atom. The largest absolute Gasteiger partial charge is 0.493 e. The van der Waals surface area contributed by atoms with Gasteiger partial charge in [0.1, 0.15) is 18.2 Å². The quantitative estimate of drug-likeness (QED) is 0.354. The normalized spacial score (nSPS) is 10.4. The summed E-state index contributed by atoms with van der Waals surface area (Å²) in [6, 6.07) is 15.7. The van der Waals surface area contributed by atoms with Gasteiger partial charge in [0, 0.05) is 5.56 Å². The topological polar surface area (TPSA) is 59.3 Å². The highest BCUT2D eigenvalue weighted by Crippen LogP contribution is 2.29. The number of benzene rings is 2. The van der Waals surface area contributed by atoms with Gasteiger partial charge in [0.2, 0.25) is 5.78 Å². The molecular formula is C20H15NO3. The van der Waals surface area contributed by atoms with Gasteiger partial charge in [-0.05, 0) is 23.8 Å². The molecule has 0 heterocycles. The van der Waals surface area contributed by atoms with Crippen molar-refractivity contribution in [2.75, 3.05) is 13.7 Å². The summed E-state index contributed by atoms with van der Waals surface area (Å²) in [5.41, 5.74) is 1.16. The number of terminal acetylenes is 1. The van der Waals surface area contributed by atoms with E-state index in [1.165, 1.54) is 13.2 Å². The molecule has 0 N–H and O–H groups in total. The van der Waals surface area contributed by atoms with Crippen LogP contribution in [0, 0.1) is 23.7 Å². The monoisotopic (exact) mass is 317 g/mol. The van der Waals surface area contributed by atoms with Gasteiger partial charge in [-0.2, -0.15) is 5.26 Å². The van der Waals surface area contributed by atoms with Gasteiger partial charge in [-0.25, -0.2) is 0 Å². The number of Topliss-reactive ketones (excluding diaryl/α,β-unsaturated/α-hetero) is 1. The maximum absolute atomic E-state index is 12.4. The lowest BCUT2D eigenvalue weighted by atomic mass is 10.0. The van der Waals surface area contributed by atoms with E-state index in [2.05, 4.69) is 5.92 Å². The molecule has 0 aliphatic rings. The first kappa shape index (κ1) is 16.9. The molecule has 0 aromatic heterocycles. The van der Waals surface area contributed by atoms with E-state index >= 15 is 0 Å². The molecule has 0 unspecified atom stereocenters. The molecule has 0 bridgehead atoms. The molecule has 0 fully saturated rings. The van der Waals surface area contributed by atoms with Crippen molar-refractivity contribution in [2.24, 2.45) is 0 Å². The average molecular weight is 317 g/mol. The summed E-state index contributed by atoms with van der Waals surface area (Å²) in [5.74, 6) is 3.03. The van der Waals surface area contributed by atoms with Gasteiger partial charge in [-0.1, -0.05) is 42.3 Å². The second-order valence-electron chi connectivity index (χ2n) is 4.77. The summed E-state index contributed by atoms with van der Waals surface area (Å²) >= 11 is 0. The second-order valence-corrected chi connectivity index (χ2v) is 4.77. The minimum absolute atomic E-state index is 0.0422. The Bertz CT molecular complexity index is 839. The number of hydrogen-bond acceptors (Lipinski definition) is 4. The molecule has 0 saturated carbocycles. The van der Waals surface area contributed by atoms with Crippen molar-refractivity contribution in [1.82, 2.24) is 0 Å². The Kier molecular flexibility index (Phi) is 5.77. The van der Waals surface area contributed by atoms with Crippen LogP contribution in [0.1, 0.15) is 15.9 Å². The Labute approximate surface area is 140 Å². The van der Waals surface area contributed by atoms with Crippen LogP contribution >= 0.6 is 0 Å². The van der Waals surface area contributed by atoms with Crippen molar-refractivity contribution < 1.29 is 14.3 Å². The van der Waals surface area contributed by atoms with Gasteiger partial charge in [-0.15, -0.1) is 6.42 Å². The van der Waals surface area contributed by atoms with Crippen molar-refractivity contribution in [3.63, 3.8) is 0 Å². The summed E-state index contributed by atoms with van der Waals surface area (Å²) in [4.78, 5) is 12.4. The van der Waals surface area contributed by atoms with Crippen molar-refractivity contribution in [3.8, 4) is 29.9 Å². The number of ether oxygens (including phenoxy) is 2. The molecule has 2 aromatic carbocycles. The third-order valence-electron chi connectivity index (χ3n) is 3.21. The molecule has 0 radical (unpaired) electrons. The minimum atomic E-state index is -0.329. The highest BCUT2D eigenvalue weighted by atomic mass is 16.5. The van der Waals surface area contributed by atoms with Crippen LogP contribution in [0.4, 0.5) is 0 Å². The van der Waals surface area contributed by atoms with Crippen LogP contribution in [-0.4, -0.2) is 19.5 Å². The number of hydrogen-bond donors (Lipinski definition) is 0. The van der Waals surface area contributed by atoms with E-state index < -0.39 is 0 Å². The van der Waals surface area contributed by atoms with Crippen molar-refractivity contribution in [2.45, 2.75) is 0 Å². The summed E-state index contributed by atoms with van der Waals surface area (Å²) in [6.45, 7) is 0.126. The maximum Gasteiger partial charge on any atom is 0.203 e. The van der Waals surface area contributed by atoms with Crippen molar-refractivity contribution in [3.05, 3.63) is 65.2 Å². The number of nitriles is 1. The van der Waals surface area contributed by atoms with Crippen LogP contribution < -0.4 is 9.47 Å². The first-order valence-electron chi connectivity index (χ1n) is 7.15. The van der Waals surface area contributed by atoms with Gasteiger partial charge in [-0.3, -0.25) is 4.79 Å². The predicted octanol–water partition coefficient (Wildman–Crippen LogP) is 3.50. The molecule has 0 aliphatic heterocycles. The molecule has 2 aromatic rings. The highest BCUT2D eigenvalue weighted by Gasteiger charge is 2.12. The lowest BCUT2D eigenvalue weighted by Gasteiger charge is -2.09. The fourth-order valence-corrected chi connectivity index (χ4v) is 2.07. The number of carbonyl (C=O) groups is 1. The zero-order valence-electron chi connectivity index (χ0n) is 13.2. The van der Waals surface area contributed by atoms with Crippen LogP contribution in [0.2, 0.25) is 0 Å². The molecular weight excluding hydrogens is 302 g/mol. The lowest BCUT2D eigenvalue weighted by molar-refractivity contribution is 0.104. The zero-order valence-corrected chi connectivity index (χ0v) is 13.2. The van der Waals surface area contributed by atoms with E-state index in [4.69, 9.17) is 15.9 Å². The smallest absolute Gasteiger partial charge is 0.203 e. The lowest BCUT2D eigenvalue weighted by Crippen LogP contribution is -2.01. The molecule has 4 nitrogen and oxygen atoms in total. The van der Waals surface area contributed by atoms with E-state index in [0.717, 1.165) is 0 Å². The SMILES string of the molecule is C#CCOc1ccc(C=C(C#N)C(=O)c2ccccc2)cc1OC. The molecule has 118 valence electrons. The summed E-state index contributed by atoms with van der Waals surface area (Å²) < 4.78 is 10.6. The Morgan fingerprint density at radius 1 is 1.21 bits per heavy atom. The fraction of sp³-hybridized carbons (Fsp3) is 0.100. The van der Waals surface area contributed by atoms with Gasteiger partial charge >= 0.3 is 0 Å². The molecule has 2 rings (SSSR count). The van der Waals surface area contributed by atoms with Crippen LogP contribution in [0.3, 0.4) is 0 Å². The molecule has 0 spiro atoms. The number of methoxy groups -OCH3 is 1. The van der Waals surface area contributed by atoms with Crippen molar-refractivity contribution >= 4 is 11.9 Å². The van der Waals surface area contributed by atoms with Gasteiger partial charge < -0.3 is 9.47 Å². The first-order valence-corrected chi connectivity index (χ1v) is 7.15. The Hall–Kier alpha value is -3.50. The van der Waals surface area contributed by atoms with Crippen molar-refractivity contribution in [1.29, 1.82) is 5.26 Å². The van der Waals surface area contributed by atoms with E-state index in [0.29, 0.717) is 22.6 Å². The van der Waals surface area contributed by atoms with Gasteiger partial charge in [0.15, 0.2) is 11.5 Å². The number of nitrogens with zero attached hydrogens (tertiary/aromatic N) is 1. The fourth-order valence-electron chi connectivity index (χ4n) is 2.07. The number of carbonyl (C=O) groups excluding carboxylic acids is 1. The molecule has 24 heavy (non-hydrogen) atoms. The van der Waals surface area contributed by atoms with E-state index in [1.807, 2.05) is 12.1 Å². The molecule has 0 aliphatic carbocycles. The number of rotatable bonds is 6. The van der Waals surface area contributed by atoms with Crippen LogP contribution in [0.25, 0.3) is 6.08 Å². The number of allylic oxidation sites excluding steroid dienone is 1. The summed E-state index contributed by atoms with van der Waals surface area (Å²) in [7, 11) is 1.51. The van der Waals surface area contributed by atoms with Crippen LogP contribution in [0.5, 0.6) is 11.5 Å². The van der Waals surface area contributed by atoms with Crippen LogP contribution in [0.15, 0.2) is 54.1 Å². The highest BCUT2D eigenvalue weighted by molar-refractivity contribution is 6.14. The third-order valence-corrected chi connectivity index (χ3v) is 3.21. The molecule has 0 amide bonds. The summed E-state index contributed by atoms with van der Waals surface area (Å²) in [6.07, 6.45) is 6.69. The Morgan fingerprint density at radius 2 is 1.96 bits per heavy atom. The number of ketones is 1. The Balaban J connectivity index is 2.33. The zero-order chi connectivity index (χ0) is 17.4. The van der Waals surface area contributed by atoms with E-state index in [1.54, 1.807) is 42.5 Å². The van der Waals surface area contributed by atoms with Crippen LogP contribution in [-0.2, 0) is 0 Å². The summed E-state index contributed by atoms with van der Waals surface area (Å²) in [5, 5.41) is 9.30. The average Bonchev–Trinajstić information content (AvgIpc) is 2.64. The second kappa shape index (κ2) is 8.22. The minimum Gasteiger partial charge on any atom is -0.493 e. The first-order chi connectivity index (χ1) is 11.7. The molecule has 4 heteroatoms. The maximum atomic E-state index is 12.4. The predicted molar refractivity (Wildman–Crippen MR) is 91.7 cm³/mol. The van der Waals surface area contributed by atoms with Gasteiger partial charge in [0.05, 0.1) is 7.11 Å². The standard InChI is InChI=1S/C20H15NO3/c1-3-11-24-18-10-9-15(13-19(18)23-2)12-17(14-21)20(22)16-7-5-4-6-8-16/h1,4-10,12-13H,11H2,2H3. The van der Waals surface area contributed by atoms with E-state index in [9.17, 15) is 10.1 Å². The third kappa shape index (κ3) is 4.03. The van der Waals surface area contributed by atoms with Gasteiger partial charge in [0.25, 0.3) is 0 Å².